The molecule has 0 aliphatic heterocycles. The number of hydrogen-bond donors (Lipinski definition) is 2. The lowest BCUT2D eigenvalue weighted by Crippen LogP contribution is -2.35. The number of nitrogens with two attached hydrogens (primary N) is 1. The zero-order valence-corrected chi connectivity index (χ0v) is 11.1. The van der Waals surface area contributed by atoms with Gasteiger partial charge in [-0.3, -0.25) is 4.79 Å². The average Bonchev–Trinajstić information content (AvgIpc) is 2.27. The molecule has 1 aromatic rings. The van der Waals surface area contributed by atoms with Crippen LogP contribution >= 0.6 is 12.4 Å². The first-order valence-electron chi connectivity index (χ1n) is 5.41. The number of rotatable bonds is 4. The van der Waals surface area contributed by atoms with Gasteiger partial charge in [0.05, 0.1) is 6.04 Å². The van der Waals surface area contributed by atoms with Crippen molar-refractivity contribution in [3.05, 3.63) is 35.4 Å². The molecule has 6 heteroatoms. The molecular weight excluding hydrogens is 262 g/mol. The maximum Gasteiger partial charge on any atom is 0.224 e. The van der Waals surface area contributed by atoms with E-state index in [4.69, 9.17) is 5.73 Å². The lowest BCUT2D eigenvalue weighted by Gasteiger charge is -2.17. The molecule has 0 saturated carbocycles. The van der Waals surface area contributed by atoms with Crippen LogP contribution in [-0.2, 0) is 4.79 Å². The number of carbonyl (C=O) groups excluding carboxylic acids is 1. The summed E-state index contributed by atoms with van der Waals surface area (Å²) < 4.78 is 26.1. The molecule has 2 unspecified atom stereocenters. The van der Waals surface area contributed by atoms with Crippen LogP contribution in [0.4, 0.5) is 8.78 Å². The fourth-order valence-corrected chi connectivity index (χ4v) is 1.39. The third kappa shape index (κ3) is 4.23. The molecule has 18 heavy (non-hydrogen) atoms. The molecule has 0 aliphatic carbocycles. The van der Waals surface area contributed by atoms with Crippen LogP contribution in [0, 0.1) is 17.6 Å². The van der Waals surface area contributed by atoms with Gasteiger partial charge in [-0.2, -0.15) is 0 Å². The first-order valence-corrected chi connectivity index (χ1v) is 5.41. The quantitative estimate of drug-likeness (QED) is 0.887. The van der Waals surface area contributed by atoms with Crippen molar-refractivity contribution in [1.82, 2.24) is 5.32 Å². The molecule has 3 nitrogen and oxygen atoms in total. The van der Waals surface area contributed by atoms with Crippen molar-refractivity contribution in [1.29, 1.82) is 0 Å². The predicted octanol–water partition coefficient (Wildman–Crippen LogP) is 2.16. The number of halogens is 3. The van der Waals surface area contributed by atoms with Gasteiger partial charge in [0, 0.05) is 24.1 Å². The Bertz CT molecular complexity index is 415. The summed E-state index contributed by atoms with van der Waals surface area (Å²) in [5.74, 6) is -1.89. The van der Waals surface area contributed by atoms with Gasteiger partial charge in [0.1, 0.15) is 11.6 Å². The van der Waals surface area contributed by atoms with E-state index in [1.165, 1.54) is 6.07 Å². The van der Waals surface area contributed by atoms with Crippen molar-refractivity contribution < 1.29 is 13.6 Å². The van der Waals surface area contributed by atoms with Gasteiger partial charge in [0.25, 0.3) is 0 Å². The number of hydrogen-bond acceptors (Lipinski definition) is 2. The Morgan fingerprint density at radius 3 is 2.50 bits per heavy atom. The molecule has 1 rings (SSSR count). The Hall–Kier alpha value is -1.20. The fraction of sp³-hybridized carbons (Fsp3) is 0.417. The number of carbonyl (C=O) groups is 1. The van der Waals surface area contributed by atoms with Gasteiger partial charge < -0.3 is 11.1 Å². The lowest BCUT2D eigenvalue weighted by atomic mass is 10.1. The first kappa shape index (κ1) is 16.8. The summed E-state index contributed by atoms with van der Waals surface area (Å²) in [7, 11) is 0. The minimum absolute atomic E-state index is 0. The highest BCUT2D eigenvalue weighted by Gasteiger charge is 2.17. The highest BCUT2D eigenvalue weighted by molar-refractivity contribution is 5.85. The van der Waals surface area contributed by atoms with E-state index in [0.29, 0.717) is 0 Å². The first-order chi connectivity index (χ1) is 7.95. The second-order valence-corrected chi connectivity index (χ2v) is 4.03. The minimum Gasteiger partial charge on any atom is -0.349 e. The fourth-order valence-electron chi connectivity index (χ4n) is 1.39. The molecule has 0 saturated heterocycles. The third-order valence-corrected chi connectivity index (χ3v) is 2.59. The third-order valence-electron chi connectivity index (χ3n) is 2.59. The zero-order chi connectivity index (χ0) is 13.0. The monoisotopic (exact) mass is 278 g/mol. The Balaban J connectivity index is 0.00000289. The highest BCUT2D eigenvalue weighted by Crippen LogP contribution is 2.17. The van der Waals surface area contributed by atoms with E-state index in [1.54, 1.807) is 13.8 Å². The maximum atomic E-state index is 13.4. The molecular formula is C12H17ClF2N2O. The van der Waals surface area contributed by atoms with E-state index in [-0.39, 0.29) is 36.3 Å². The Labute approximate surface area is 111 Å². The molecule has 0 fully saturated rings. The van der Waals surface area contributed by atoms with Crippen LogP contribution in [0.15, 0.2) is 18.2 Å². The van der Waals surface area contributed by atoms with Crippen LogP contribution in [0.5, 0.6) is 0 Å². The van der Waals surface area contributed by atoms with Gasteiger partial charge in [-0.15, -0.1) is 12.4 Å². The Morgan fingerprint density at radius 2 is 2.00 bits per heavy atom. The summed E-state index contributed by atoms with van der Waals surface area (Å²) >= 11 is 0. The van der Waals surface area contributed by atoms with Gasteiger partial charge in [0.2, 0.25) is 5.91 Å². The van der Waals surface area contributed by atoms with Crippen LogP contribution < -0.4 is 11.1 Å². The van der Waals surface area contributed by atoms with Crippen LogP contribution in [0.25, 0.3) is 0 Å². The molecule has 102 valence electrons. The van der Waals surface area contributed by atoms with Gasteiger partial charge >= 0.3 is 0 Å². The average molecular weight is 279 g/mol. The van der Waals surface area contributed by atoms with E-state index >= 15 is 0 Å². The van der Waals surface area contributed by atoms with E-state index < -0.39 is 17.7 Å². The molecule has 1 aromatic carbocycles. The van der Waals surface area contributed by atoms with Crippen molar-refractivity contribution in [3.8, 4) is 0 Å². The molecule has 2 atom stereocenters. The maximum absolute atomic E-state index is 13.4. The predicted molar refractivity (Wildman–Crippen MR) is 68.4 cm³/mol. The van der Waals surface area contributed by atoms with E-state index in [2.05, 4.69) is 5.32 Å². The number of amides is 1. The summed E-state index contributed by atoms with van der Waals surface area (Å²) in [6.45, 7) is 3.55. The van der Waals surface area contributed by atoms with Crippen LogP contribution in [0.2, 0.25) is 0 Å². The SMILES string of the molecule is CC(CN)C(=O)NC(C)c1ccc(F)cc1F.Cl. The van der Waals surface area contributed by atoms with Crippen molar-refractivity contribution in [3.63, 3.8) is 0 Å². The van der Waals surface area contributed by atoms with E-state index in [0.717, 1.165) is 12.1 Å². The molecule has 0 aliphatic rings. The molecule has 0 heterocycles. The zero-order valence-electron chi connectivity index (χ0n) is 10.2. The second kappa shape index (κ2) is 7.28. The van der Waals surface area contributed by atoms with Crippen molar-refractivity contribution in [2.75, 3.05) is 6.54 Å². The molecule has 3 N–H and O–H groups in total. The summed E-state index contributed by atoms with van der Waals surface area (Å²) in [5, 5.41) is 2.63. The molecule has 1 amide bonds. The minimum atomic E-state index is -0.668. The van der Waals surface area contributed by atoms with Gasteiger partial charge in [0.15, 0.2) is 0 Å². The summed E-state index contributed by atoms with van der Waals surface area (Å²) in [5.41, 5.74) is 5.61. The van der Waals surface area contributed by atoms with Crippen molar-refractivity contribution in [2.45, 2.75) is 19.9 Å². The summed E-state index contributed by atoms with van der Waals surface area (Å²) in [4.78, 5) is 11.5. The molecule has 0 spiro atoms. The molecule has 0 aromatic heterocycles. The number of benzene rings is 1. The van der Waals surface area contributed by atoms with E-state index in [9.17, 15) is 13.6 Å². The topological polar surface area (TPSA) is 55.1 Å². The van der Waals surface area contributed by atoms with E-state index in [1.807, 2.05) is 0 Å². The standard InChI is InChI=1S/C12H16F2N2O.ClH/c1-7(6-15)12(17)16-8(2)10-4-3-9(13)5-11(10)14;/h3-5,7-8H,6,15H2,1-2H3,(H,16,17);1H. The van der Waals surface area contributed by atoms with Gasteiger partial charge in [-0.1, -0.05) is 13.0 Å². The second-order valence-electron chi connectivity index (χ2n) is 4.03. The van der Waals surface area contributed by atoms with Gasteiger partial charge in [-0.25, -0.2) is 8.78 Å². The van der Waals surface area contributed by atoms with Crippen molar-refractivity contribution >= 4 is 18.3 Å². The Morgan fingerprint density at radius 1 is 1.39 bits per heavy atom. The summed E-state index contributed by atoms with van der Waals surface area (Å²) in [6, 6.07) is 2.76. The number of nitrogens with one attached hydrogen (secondary N) is 1. The molecule has 0 bridgehead atoms. The van der Waals surface area contributed by atoms with Crippen LogP contribution in [-0.4, -0.2) is 12.5 Å². The smallest absolute Gasteiger partial charge is 0.224 e. The van der Waals surface area contributed by atoms with Crippen LogP contribution in [0.3, 0.4) is 0 Å². The lowest BCUT2D eigenvalue weighted by molar-refractivity contribution is -0.124. The Kier molecular flexibility index (Phi) is 6.80. The summed E-state index contributed by atoms with van der Waals surface area (Å²) in [6.07, 6.45) is 0. The van der Waals surface area contributed by atoms with Crippen molar-refractivity contribution in [2.24, 2.45) is 11.7 Å². The van der Waals surface area contributed by atoms with Gasteiger partial charge in [-0.05, 0) is 13.0 Å². The largest absolute Gasteiger partial charge is 0.349 e. The van der Waals surface area contributed by atoms with Crippen LogP contribution in [0.1, 0.15) is 25.5 Å². The molecule has 0 radical (unpaired) electrons. The normalized spacial score (nSPS) is 13.4. The highest BCUT2D eigenvalue weighted by atomic mass is 35.5.